The van der Waals surface area contributed by atoms with Crippen molar-refractivity contribution in [1.29, 1.82) is 0 Å². The largest absolute Gasteiger partial charge is 0.507 e. The molecule has 1 saturated carbocycles. The quantitative estimate of drug-likeness (QED) is 0.897. The second-order valence-electron chi connectivity index (χ2n) is 4.84. The van der Waals surface area contributed by atoms with E-state index < -0.39 is 0 Å². The number of phenolic OH excluding ortho intramolecular Hbond substituents is 1. The van der Waals surface area contributed by atoms with Gasteiger partial charge in [0.2, 0.25) is 0 Å². The van der Waals surface area contributed by atoms with E-state index in [1.807, 2.05) is 0 Å². The third-order valence-electron chi connectivity index (χ3n) is 3.28. The lowest BCUT2D eigenvalue weighted by molar-refractivity contribution is 0.0265. The van der Waals surface area contributed by atoms with Crippen LogP contribution in [-0.4, -0.2) is 40.7 Å². The SMILES string of the molecule is CN(CC1CC(O)C1)C(=O)c1ccc(Br)c(O)c1. The average Bonchev–Trinajstić information content (AvgIpc) is 2.29. The van der Waals surface area contributed by atoms with Crippen LogP contribution in [0.3, 0.4) is 0 Å². The summed E-state index contributed by atoms with van der Waals surface area (Å²) >= 11 is 3.18. The summed E-state index contributed by atoms with van der Waals surface area (Å²) in [6.07, 6.45) is 1.34. The van der Waals surface area contributed by atoms with E-state index in [9.17, 15) is 15.0 Å². The Balaban J connectivity index is 1.99. The van der Waals surface area contributed by atoms with Gasteiger partial charge < -0.3 is 15.1 Å². The summed E-state index contributed by atoms with van der Waals surface area (Å²) in [5, 5.41) is 18.8. The van der Waals surface area contributed by atoms with Crippen LogP contribution in [0.1, 0.15) is 23.2 Å². The zero-order valence-corrected chi connectivity index (χ0v) is 11.7. The first-order chi connectivity index (χ1) is 8.47. The summed E-state index contributed by atoms with van der Waals surface area (Å²) in [6, 6.07) is 4.79. The lowest BCUT2D eigenvalue weighted by Gasteiger charge is -2.34. The van der Waals surface area contributed by atoms with E-state index in [-0.39, 0.29) is 17.8 Å². The molecule has 0 aliphatic heterocycles. The molecule has 98 valence electrons. The Labute approximate surface area is 114 Å². The van der Waals surface area contributed by atoms with Crippen molar-refractivity contribution in [2.45, 2.75) is 18.9 Å². The van der Waals surface area contributed by atoms with Crippen LogP contribution >= 0.6 is 15.9 Å². The van der Waals surface area contributed by atoms with E-state index >= 15 is 0 Å². The normalized spacial score (nSPS) is 22.4. The highest BCUT2D eigenvalue weighted by Gasteiger charge is 2.29. The van der Waals surface area contributed by atoms with Gasteiger partial charge in [-0.15, -0.1) is 0 Å². The molecule has 1 fully saturated rings. The van der Waals surface area contributed by atoms with Gasteiger partial charge in [-0.1, -0.05) is 0 Å². The van der Waals surface area contributed by atoms with Gasteiger partial charge in [0.05, 0.1) is 10.6 Å². The average molecular weight is 314 g/mol. The molecule has 18 heavy (non-hydrogen) atoms. The fourth-order valence-corrected chi connectivity index (χ4v) is 2.43. The number of carbonyl (C=O) groups is 1. The molecule has 2 rings (SSSR count). The van der Waals surface area contributed by atoms with E-state index in [1.165, 1.54) is 6.07 Å². The standard InChI is InChI=1S/C13H16BrNO3/c1-15(7-8-4-10(16)5-8)13(18)9-2-3-11(14)12(17)6-9/h2-3,6,8,10,16-17H,4-5,7H2,1H3. The highest BCUT2D eigenvalue weighted by Crippen LogP contribution is 2.29. The van der Waals surface area contributed by atoms with Crippen molar-refractivity contribution >= 4 is 21.8 Å². The maximum Gasteiger partial charge on any atom is 0.253 e. The predicted octanol–water partition coefficient (Wildman–Crippen LogP) is 2.00. The number of aliphatic hydroxyl groups excluding tert-OH is 1. The number of hydrogen-bond donors (Lipinski definition) is 2. The molecular formula is C13H16BrNO3. The lowest BCUT2D eigenvalue weighted by atomic mass is 9.82. The van der Waals surface area contributed by atoms with Crippen LogP contribution in [0.2, 0.25) is 0 Å². The van der Waals surface area contributed by atoms with Crippen LogP contribution in [0.4, 0.5) is 0 Å². The van der Waals surface area contributed by atoms with Crippen LogP contribution in [0.5, 0.6) is 5.75 Å². The highest BCUT2D eigenvalue weighted by atomic mass is 79.9. The number of amides is 1. The number of benzene rings is 1. The van der Waals surface area contributed by atoms with Gasteiger partial charge in [-0.2, -0.15) is 0 Å². The number of aromatic hydroxyl groups is 1. The third-order valence-corrected chi connectivity index (χ3v) is 3.95. The minimum Gasteiger partial charge on any atom is -0.507 e. The molecule has 0 saturated heterocycles. The Bertz CT molecular complexity index is 458. The van der Waals surface area contributed by atoms with E-state index in [2.05, 4.69) is 15.9 Å². The van der Waals surface area contributed by atoms with Crippen LogP contribution in [0.15, 0.2) is 22.7 Å². The first-order valence-corrected chi connectivity index (χ1v) is 6.68. The molecule has 4 nitrogen and oxygen atoms in total. The van der Waals surface area contributed by atoms with Crippen molar-refractivity contribution in [1.82, 2.24) is 4.90 Å². The van der Waals surface area contributed by atoms with Crippen molar-refractivity contribution in [3.8, 4) is 5.75 Å². The second kappa shape index (κ2) is 5.28. The Kier molecular flexibility index (Phi) is 3.92. The summed E-state index contributed by atoms with van der Waals surface area (Å²) in [7, 11) is 1.74. The molecular weight excluding hydrogens is 298 g/mol. The Morgan fingerprint density at radius 2 is 2.17 bits per heavy atom. The summed E-state index contributed by atoms with van der Waals surface area (Å²) in [5.74, 6) is 0.338. The minimum absolute atomic E-state index is 0.0633. The number of aliphatic hydroxyl groups is 1. The zero-order chi connectivity index (χ0) is 13.3. The van der Waals surface area contributed by atoms with Crippen LogP contribution in [0, 0.1) is 5.92 Å². The topological polar surface area (TPSA) is 60.8 Å². The molecule has 1 aliphatic rings. The molecule has 5 heteroatoms. The molecule has 0 radical (unpaired) electrons. The number of nitrogens with zero attached hydrogens (tertiary/aromatic N) is 1. The van der Waals surface area contributed by atoms with Crippen molar-refractivity contribution in [2.75, 3.05) is 13.6 Å². The number of halogens is 1. The number of hydrogen-bond acceptors (Lipinski definition) is 3. The van der Waals surface area contributed by atoms with Gasteiger partial charge in [0, 0.05) is 19.2 Å². The molecule has 0 bridgehead atoms. The van der Waals surface area contributed by atoms with E-state index in [0.29, 0.717) is 22.5 Å². The van der Waals surface area contributed by atoms with Gasteiger partial charge in [0.15, 0.2) is 0 Å². The molecule has 0 atom stereocenters. The maximum atomic E-state index is 12.1. The van der Waals surface area contributed by atoms with E-state index in [4.69, 9.17) is 0 Å². The first-order valence-electron chi connectivity index (χ1n) is 5.89. The zero-order valence-electron chi connectivity index (χ0n) is 10.1. The molecule has 1 aromatic rings. The molecule has 1 aliphatic carbocycles. The van der Waals surface area contributed by atoms with E-state index in [1.54, 1.807) is 24.1 Å². The Hall–Kier alpha value is -1.07. The van der Waals surface area contributed by atoms with Crippen LogP contribution < -0.4 is 0 Å². The molecule has 0 unspecified atom stereocenters. The molecule has 2 N–H and O–H groups in total. The molecule has 1 aromatic carbocycles. The maximum absolute atomic E-state index is 12.1. The first kappa shape index (κ1) is 13.4. The number of phenols is 1. The van der Waals surface area contributed by atoms with Gasteiger partial charge in [-0.25, -0.2) is 0 Å². The molecule has 0 aromatic heterocycles. The van der Waals surface area contributed by atoms with Crippen molar-refractivity contribution < 1.29 is 15.0 Å². The summed E-state index contributed by atoms with van der Waals surface area (Å²) in [5.41, 5.74) is 0.470. The van der Waals surface area contributed by atoms with Crippen molar-refractivity contribution in [2.24, 2.45) is 5.92 Å². The fraction of sp³-hybridized carbons (Fsp3) is 0.462. The van der Waals surface area contributed by atoms with Crippen LogP contribution in [-0.2, 0) is 0 Å². The second-order valence-corrected chi connectivity index (χ2v) is 5.70. The summed E-state index contributed by atoms with van der Waals surface area (Å²) < 4.78 is 0.573. The van der Waals surface area contributed by atoms with Crippen molar-refractivity contribution in [3.63, 3.8) is 0 Å². The molecule has 0 spiro atoms. The lowest BCUT2D eigenvalue weighted by Crippen LogP contribution is -2.39. The summed E-state index contributed by atoms with van der Waals surface area (Å²) in [4.78, 5) is 13.7. The Morgan fingerprint density at radius 1 is 1.50 bits per heavy atom. The Morgan fingerprint density at radius 3 is 2.72 bits per heavy atom. The smallest absolute Gasteiger partial charge is 0.253 e. The minimum atomic E-state index is -0.199. The van der Waals surface area contributed by atoms with E-state index in [0.717, 1.165) is 12.8 Å². The van der Waals surface area contributed by atoms with Gasteiger partial charge in [-0.3, -0.25) is 4.79 Å². The summed E-state index contributed by atoms with van der Waals surface area (Å²) in [6.45, 7) is 0.646. The number of rotatable bonds is 3. The van der Waals surface area contributed by atoms with Crippen LogP contribution in [0.25, 0.3) is 0 Å². The highest BCUT2D eigenvalue weighted by molar-refractivity contribution is 9.10. The number of carbonyl (C=O) groups excluding carboxylic acids is 1. The van der Waals surface area contributed by atoms with Gasteiger partial charge >= 0.3 is 0 Å². The fourth-order valence-electron chi connectivity index (χ4n) is 2.19. The van der Waals surface area contributed by atoms with Crippen molar-refractivity contribution in [3.05, 3.63) is 28.2 Å². The predicted molar refractivity (Wildman–Crippen MR) is 71.5 cm³/mol. The van der Waals surface area contributed by atoms with Gasteiger partial charge in [0.25, 0.3) is 5.91 Å². The monoisotopic (exact) mass is 313 g/mol. The molecule has 0 heterocycles. The van der Waals surface area contributed by atoms with Gasteiger partial charge in [0.1, 0.15) is 5.75 Å². The third kappa shape index (κ3) is 2.84. The molecule has 1 amide bonds. The van der Waals surface area contributed by atoms with Gasteiger partial charge in [-0.05, 0) is 52.9 Å².